The number of benzene rings is 2. The van der Waals surface area contributed by atoms with Gasteiger partial charge in [-0.15, -0.1) is 0 Å². The second-order valence-electron chi connectivity index (χ2n) is 3.40. The number of nitrogen functional groups attached to an aromatic ring is 2. The minimum atomic E-state index is -4.35. The lowest BCUT2D eigenvalue weighted by Gasteiger charge is -2.09. The lowest BCUT2D eigenvalue weighted by Crippen LogP contribution is -2.05. The van der Waals surface area contributed by atoms with Crippen molar-refractivity contribution < 1.29 is 13.0 Å². The van der Waals surface area contributed by atoms with Crippen molar-refractivity contribution in [2.75, 3.05) is 11.5 Å². The Kier molecular flexibility index (Phi) is 2.25. The van der Waals surface area contributed by atoms with Crippen LogP contribution in [0.2, 0.25) is 0 Å². The Morgan fingerprint density at radius 2 is 1.62 bits per heavy atom. The average Bonchev–Trinajstić information content (AvgIpc) is 2.22. The number of hydrogen-bond donors (Lipinski definition) is 3. The molecule has 5 nitrogen and oxygen atoms in total. The highest BCUT2D eigenvalue weighted by molar-refractivity contribution is 7.86. The highest BCUT2D eigenvalue weighted by atomic mass is 32.2. The summed E-state index contributed by atoms with van der Waals surface area (Å²) in [6.07, 6.45) is 0. The van der Waals surface area contributed by atoms with Crippen LogP contribution in [-0.4, -0.2) is 13.0 Å². The van der Waals surface area contributed by atoms with E-state index in [2.05, 4.69) is 0 Å². The first-order chi connectivity index (χ1) is 7.41. The summed E-state index contributed by atoms with van der Waals surface area (Å²) in [4.78, 5) is -0.358. The second kappa shape index (κ2) is 3.36. The van der Waals surface area contributed by atoms with E-state index in [1.54, 1.807) is 24.3 Å². The Bertz CT molecular complexity index is 665. The van der Waals surface area contributed by atoms with E-state index in [0.29, 0.717) is 10.8 Å². The van der Waals surface area contributed by atoms with Gasteiger partial charge in [0, 0.05) is 16.5 Å². The minimum Gasteiger partial charge on any atom is -0.398 e. The molecule has 0 radical (unpaired) electrons. The van der Waals surface area contributed by atoms with Crippen LogP contribution >= 0.6 is 0 Å². The van der Waals surface area contributed by atoms with Crippen LogP contribution in [0.3, 0.4) is 0 Å². The quantitative estimate of drug-likeness (QED) is 0.512. The molecule has 2 aromatic carbocycles. The molecule has 0 aromatic heterocycles. The Morgan fingerprint density at radius 1 is 1.06 bits per heavy atom. The van der Waals surface area contributed by atoms with Crippen molar-refractivity contribution in [3.8, 4) is 0 Å². The molecule has 0 heterocycles. The standard InChI is InChI=1S/C10H10N2O3S/c11-8-5-9(16(13,14)15)10(12)7-4-2-1-3-6(7)8/h1-5H,11-12H2,(H,13,14,15). The van der Waals surface area contributed by atoms with Crippen LogP contribution in [0, 0.1) is 0 Å². The maximum Gasteiger partial charge on any atom is 0.296 e. The van der Waals surface area contributed by atoms with Crippen molar-refractivity contribution in [2.24, 2.45) is 0 Å². The van der Waals surface area contributed by atoms with Crippen molar-refractivity contribution in [3.05, 3.63) is 30.3 Å². The number of anilines is 2. The van der Waals surface area contributed by atoms with Crippen LogP contribution in [0.5, 0.6) is 0 Å². The first-order valence-corrected chi connectivity index (χ1v) is 5.89. The maximum absolute atomic E-state index is 11.1. The first kappa shape index (κ1) is 10.7. The van der Waals surface area contributed by atoms with E-state index < -0.39 is 10.1 Å². The molecular weight excluding hydrogens is 228 g/mol. The molecule has 2 rings (SSSR count). The molecular formula is C10H10N2O3S. The lowest BCUT2D eigenvalue weighted by atomic mass is 10.1. The van der Waals surface area contributed by atoms with E-state index in [9.17, 15) is 8.42 Å². The fraction of sp³-hybridized carbons (Fsp3) is 0. The van der Waals surface area contributed by atoms with Gasteiger partial charge in [-0.1, -0.05) is 24.3 Å². The summed E-state index contributed by atoms with van der Waals surface area (Å²) in [5, 5.41) is 1.17. The van der Waals surface area contributed by atoms with Gasteiger partial charge in [0.05, 0.1) is 5.69 Å². The highest BCUT2D eigenvalue weighted by Crippen LogP contribution is 2.32. The van der Waals surface area contributed by atoms with E-state index in [-0.39, 0.29) is 16.3 Å². The summed E-state index contributed by atoms with van der Waals surface area (Å²) in [6, 6.07) is 8.02. The number of nitrogens with two attached hydrogens (primary N) is 2. The molecule has 0 atom stereocenters. The monoisotopic (exact) mass is 238 g/mol. The molecule has 0 aliphatic rings. The number of rotatable bonds is 1. The first-order valence-electron chi connectivity index (χ1n) is 4.45. The summed E-state index contributed by atoms with van der Waals surface area (Å²) >= 11 is 0. The average molecular weight is 238 g/mol. The minimum absolute atomic E-state index is 0.00676. The van der Waals surface area contributed by atoms with E-state index in [4.69, 9.17) is 16.0 Å². The van der Waals surface area contributed by atoms with E-state index in [1.165, 1.54) is 0 Å². The maximum atomic E-state index is 11.1. The molecule has 84 valence electrons. The molecule has 0 unspecified atom stereocenters. The SMILES string of the molecule is Nc1cc(S(=O)(=O)O)c(N)c2ccccc12. The molecule has 0 saturated carbocycles. The van der Waals surface area contributed by atoms with Crippen molar-refractivity contribution >= 4 is 32.3 Å². The Hall–Kier alpha value is -1.79. The predicted octanol–water partition coefficient (Wildman–Crippen LogP) is 1.25. The molecule has 6 heteroatoms. The van der Waals surface area contributed by atoms with Gasteiger partial charge >= 0.3 is 0 Å². The van der Waals surface area contributed by atoms with Gasteiger partial charge in [-0.25, -0.2) is 0 Å². The summed E-state index contributed by atoms with van der Waals surface area (Å²) in [6.45, 7) is 0. The summed E-state index contributed by atoms with van der Waals surface area (Å²) in [5.74, 6) is 0. The van der Waals surface area contributed by atoms with Gasteiger partial charge in [-0.05, 0) is 6.07 Å². The molecule has 0 bridgehead atoms. The number of hydrogen-bond acceptors (Lipinski definition) is 4. The molecule has 16 heavy (non-hydrogen) atoms. The predicted molar refractivity (Wildman–Crippen MR) is 62.6 cm³/mol. The third-order valence-corrected chi connectivity index (χ3v) is 3.25. The molecule has 0 spiro atoms. The van der Waals surface area contributed by atoms with Crippen LogP contribution in [0.15, 0.2) is 35.2 Å². The zero-order valence-electron chi connectivity index (χ0n) is 8.21. The topological polar surface area (TPSA) is 106 Å². The normalized spacial score (nSPS) is 11.8. The molecule has 0 aliphatic heterocycles. The van der Waals surface area contributed by atoms with Gasteiger partial charge < -0.3 is 11.5 Å². The van der Waals surface area contributed by atoms with E-state index in [1.807, 2.05) is 0 Å². The summed E-state index contributed by atoms with van der Waals surface area (Å²) in [7, 11) is -4.35. The largest absolute Gasteiger partial charge is 0.398 e. The second-order valence-corrected chi connectivity index (χ2v) is 4.79. The smallest absolute Gasteiger partial charge is 0.296 e. The van der Waals surface area contributed by atoms with E-state index >= 15 is 0 Å². The van der Waals surface area contributed by atoms with Gasteiger partial charge in [0.25, 0.3) is 10.1 Å². The third kappa shape index (κ3) is 1.58. The zero-order chi connectivity index (χ0) is 11.9. The third-order valence-electron chi connectivity index (χ3n) is 2.36. The van der Waals surface area contributed by atoms with Gasteiger partial charge in [0.15, 0.2) is 0 Å². The van der Waals surface area contributed by atoms with Crippen molar-refractivity contribution in [1.29, 1.82) is 0 Å². The molecule has 0 amide bonds. The van der Waals surface area contributed by atoms with Gasteiger partial charge in [-0.3, -0.25) is 4.55 Å². The van der Waals surface area contributed by atoms with Gasteiger partial charge in [-0.2, -0.15) is 8.42 Å². The Labute approximate surface area is 92.4 Å². The van der Waals surface area contributed by atoms with E-state index in [0.717, 1.165) is 6.07 Å². The van der Waals surface area contributed by atoms with Crippen LogP contribution in [0.25, 0.3) is 10.8 Å². The molecule has 2 aromatic rings. The molecule has 0 aliphatic carbocycles. The molecule has 0 fully saturated rings. The zero-order valence-corrected chi connectivity index (χ0v) is 9.03. The van der Waals surface area contributed by atoms with Crippen LogP contribution in [0.4, 0.5) is 11.4 Å². The van der Waals surface area contributed by atoms with Crippen molar-refractivity contribution in [3.63, 3.8) is 0 Å². The fourth-order valence-corrected chi connectivity index (χ4v) is 2.28. The highest BCUT2D eigenvalue weighted by Gasteiger charge is 2.17. The van der Waals surface area contributed by atoms with Crippen LogP contribution < -0.4 is 11.5 Å². The van der Waals surface area contributed by atoms with Gasteiger partial charge in [0.1, 0.15) is 4.90 Å². The number of fused-ring (bicyclic) bond motifs is 1. The Morgan fingerprint density at radius 3 is 2.19 bits per heavy atom. The lowest BCUT2D eigenvalue weighted by molar-refractivity contribution is 0.484. The Balaban J connectivity index is 2.97. The van der Waals surface area contributed by atoms with Crippen LogP contribution in [0.1, 0.15) is 0 Å². The van der Waals surface area contributed by atoms with Crippen molar-refractivity contribution in [1.82, 2.24) is 0 Å². The van der Waals surface area contributed by atoms with Crippen molar-refractivity contribution in [2.45, 2.75) is 4.90 Å². The van der Waals surface area contributed by atoms with Crippen LogP contribution in [-0.2, 0) is 10.1 Å². The summed E-state index contributed by atoms with van der Waals surface area (Å²) < 4.78 is 31.1. The van der Waals surface area contributed by atoms with Gasteiger partial charge in [0.2, 0.25) is 0 Å². The summed E-state index contributed by atoms with van der Waals surface area (Å²) in [5.41, 5.74) is 11.6. The molecule has 0 saturated heterocycles. The fourth-order valence-electron chi connectivity index (χ4n) is 1.61. The molecule has 5 N–H and O–H groups in total.